The van der Waals surface area contributed by atoms with Crippen molar-refractivity contribution < 1.29 is 19.4 Å². The van der Waals surface area contributed by atoms with Crippen molar-refractivity contribution in [2.24, 2.45) is 5.92 Å². The minimum absolute atomic E-state index is 0.0838. The Balaban J connectivity index is 1.90. The van der Waals surface area contributed by atoms with Gasteiger partial charge in [-0.15, -0.1) is 0 Å². The number of rotatable bonds is 5. The number of amides is 1. The van der Waals surface area contributed by atoms with E-state index >= 15 is 0 Å². The monoisotopic (exact) mass is 358 g/mol. The molecule has 0 unspecified atom stereocenters. The third kappa shape index (κ3) is 3.33. The normalized spacial score (nSPS) is 17.7. The second-order valence-corrected chi connectivity index (χ2v) is 7.02. The van der Waals surface area contributed by atoms with Crippen LogP contribution < -0.4 is 0 Å². The van der Waals surface area contributed by atoms with Crippen molar-refractivity contribution in [1.29, 1.82) is 0 Å². The van der Waals surface area contributed by atoms with Crippen LogP contribution in [0.2, 0.25) is 0 Å². The Morgan fingerprint density at radius 3 is 2.77 bits per heavy atom. The highest BCUT2D eigenvalue weighted by Gasteiger charge is 2.29. The number of hydrogen-bond donors (Lipinski definition) is 1. The lowest BCUT2D eigenvalue weighted by molar-refractivity contribution is -0.143. The van der Waals surface area contributed by atoms with E-state index in [4.69, 9.17) is 4.74 Å². The van der Waals surface area contributed by atoms with Crippen LogP contribution >= 0.6 is 0 Å². The minimum Gasteiger partial charge on any atom is -0.481 e. The molecule has 140 valence electrons. The van der Waals surface area contributed by atoms with E-state index in [1.165, 1.54) is 5.69 Å². The van der Waals surface area contributed by atoms with E-state index in [1.807, 2.05) is 18.2 Å². The molecule has 0 aliphatic carbocycles. The number of carboxylic acids is 1. The molecule has 1 fully saturated rings. The molecule has 1 aliphatic rings. The zero-order chi connectivity index (χ0) is 18.8. The van der Waals surface area contributed by atoms with Crippen molar-refractivity contribution in [1.82, 2.24) is 9.47 Å². The van der Waals surface area contributed by atoms with Crippen LogP contribution in [0.3, 0.4) is 0 Å². The number of nitrogens with zero attached hydrogens (tertiary/aromatic N) is 2. The molecule has 1 aromatic carbocycles. The van der Waals surface area contributed by atoms with Gasteiger partial charge in [0.05, 0.1) is 12.5 Å². The van der Waals surface area contributed by atoms with Gasteiger partial charge in [-0.2, -0.15) is 0 Å². The van der Waals surface area contributed by atoms with E-state index in [0.717, 1.165) is 29.4 Å². The second-order valence-electron chi connectivity index (χ2n) is 7.02. The number of aromatic nitrogens is 1. The van der Waals surface area contributed by atoms with Crippen molar-refractivity contribution in [2.45, 2.75) is 33.2 Å². The van der Waals surface area contributed by atoms with E-state index in [1.54, 1.807) is 12.0 Å². The molecule has 26 heavy (non-hydrogen) atoms. The molecule has 1 saturated heterocycles. The van der Waals surface area contributed by atoms with Crippen LogP contribution in [-0.2, 0) is 16.1 Å². The number of methoxy groups -OCH3 is 1. The predicted octanol–water partition coefficient (Wildman–Crippen LogP) is 2.84. The Hall–Kier alpha value is -2.34. The lowest BCUT2D eigenvalue weighted by Crippen LogP contribution is -2.42. The average molecular weight is 358 g/mol. The van der Waals surface area contributed by atoms with Crippen LogP contribution in [0.25, 0.3) is 10.9 Å². The molecule has 0 spiro atoms. The van der Waals surface area contributed by atoms with Gasteiger partial charge in [-0.1, -0.05) is 0 Å². The van der Waals surface area contributed by atoms with E-state index in [2.05, 4.69) is 18.4 Å². The molecule has 0 bridgehead atoms. The maximum atomic E-state index is 12.9. The van der Waals surface area contributed by atoms with E-state index in [0.29, 0.717) is 31.7 Å². The lowest BCUT2D eigenvalue weighted by atomic mass is 9.97. The number of carbonyl (C=O) groups excluding carboxylic acids is 1. The van der Waals surface area contributed by atoms with Crippen LogP contribution in [-0.4, -0.2) is 53.3 Å². The number of carboxylic acid groups (broad SMARTS) is 1. The zero-order valence-corrected chi connectivity index (χ0v) is 15.6. The molecule has 1 aromatic heterocycles. The van der Waals surface area contributed by atoms with Gasteiger partial charge in [-0.25, -0.2) is 0 Å². The first-order valence-corrected chi connectivity index (χ1v) is 9.04. The quantitative estimate of drug-likeness (QED) is 0.892. The zero-order valence-electron chi connectivity index (χ0n) is 15.6. The molecule has 1 amide bonds. The largest absolute Gasteiger partial charge is 0.481 e. The van der Waals surface area contributed by atoms with E-state index in [-0.39, 0.29) is 5.91 Å². The third-order valence-corrected chi connectivity index (χ3v) is 5.46. The Labute approximate surface area is 153 Å². The van der Waals surface area contributed by atoms with Crippen LogP contribution in [0.5, 0.6) is 0 Å². The second kappa shape index (κ2) is 7.50. The molecule has 6 heteroatoms. The van der Waals surface area contributed by atoms with Crippen molar-refractivity contribution in [3.8, 4) is 0 Å². The fourth-order valence-electron chi connectivity index (χ4n) is 3.80. The highest BCUT2D eigenvalue weighted by molar-refractivity contribution is 5.99. The Bertz CT molecular complexity index is 840. The summed E-state index contributed by atoms with van der Waals surface area (Å²) in [5.41, 5.74) is 4.05. The Morgan fingerprint density at radius 1 is 1.31 bits per heavy atom. The van der Waals surface area contributed by atoms with Gasteiger partial charge in [0, 0.05) is 48.9 Å². The van der Waals surface area contributed by atoms with Gasteiger partial charge < -0.3 is 19.3 Å². The maximum Gasteiger partial charge on any atom is 0.308 e. The van der Waals surface area contributed by atoms with Crippen LogP contribution in [0, 0.1) is 19.8 Å². The molecule has 2 heterocycles. The summed E-state index contributed by atoms with van der Waals surface area (Å²) in [6, 6.07) is 5.77. The number of benzene rings is 1. The standard InChI is InChI=1S/C20H26N2O4/c1-13-14(2)22(9-10-26-3)18-7-6-15(11-17(13)18)19(23)21-8-4-5-16(12-21)20(24)25/h6-7,11,16H,4-5,8-10,12H2,1-3H3,(H,24,25)/t16-/m1/s1. The minimum atomic E-state index is -0.820. The predicted molar refractivity (Wildman–Crippen MR) is 99.6 cm³/mol. The molecule has 0 radical (unpaired) electrons. The summed E-state index contributed by atoms with van der Waals surface area (Å²) in [7, 11) is 1.69. The van der Waals surface area contributed by atoms with Gasteiger partial charge in [-0.05, 0) is 50.5 Å². The lowest BCUT2D eigenvalue weighted by Gasteiger charge is -2.30. The average Bonchev–Trinajstić information content (AvgIpc) is 2.89. The third-order valence-electron chi connectivity index (χ3n) is 5.46. The van der Waals surface area contributed by atoms with Gasteiger partial charge in [0.1, 0.15) is 0 Å². The van der Waals surface area contributed by atoms with Crippen LogP contribution in [0.4, 0.5) is 0 Å². The van der Waals surface area contributed by atoms with Gasteiger partial charge in [0.15, 0.2) is 0 Å². The van der Waals surface area contributed by atoms with Crippen LogP contribution in [0.15, 0.2) is 18.2 Å². The van der Waals surface area contributed by atoms with Gasteiger partial charge in [0.25, 0.3) is 5.91 Å². The molecular weight excluding hydrogens is 332 g/mol. The summed E-state index contributed by atoms with van der Waals surface area (Å²) in [5.74, 6) is -1.37. The van der Waals surface area contributed by atoms with Gasteiger partial charge in [0.2, 0.25) is 0 Å². The molecule has 2 aromatic rings. The molecule has 0 saturated carbocycles. The Kier molecular flexibility index (Phi) is 5.32. The fraction of sp³-hybridized carbons (Fsp3) is 0.500. The summed E-state index contributed by atoms with van der Waals surface area (Å²) in [6.45, 7) is 6.46. The SMILES string of the molecule is COCCn1c(C)c(C)c2cc(C(=O)N3CCC[C@@H](C(=O)O)C3)ccc21. The molecule has 1 atom stereocenters. The number of hydrogen-bond acceptors (Lipinski definition) is 3. The number of ether oxygens (including phenoxy) is 1. The van der Waals surface area contributed by atoms with E-state index in [9.17, 15) is 14.7 Å². The summed E-state index contributed by atoms with van der Waals surface area (Å²) >= 11 is 0. The smallest absolute Gasteiger partial charge is 0.308 e. The summed E-state index contributed by atoms with van der Waals surface area (Å²) in [6.07, 6.45) is 1.37. The number of carbonyl (C=O) groups is 2. The maximum absolute atomic E-state index is 12.9. The molecule has 1 aliphatic heterocycles. The van der Waals surface area contributed by atoms with Crippen LogP contribution in [0.1, 0.15) is 34.5 Å². The first-order chi connectivity index (χ1) is 12.4. The van der Waals surface area contributed by atoms with Crippen molar-refractivity contribution in [3.05, 3.63) is 35.0 Å². The topological polar surface area (TPSA) is 71.8 Å². The Morgan fingerprint density at radius 2 is 2.08 bits per heavy atom. The van der Waals surface area contributed by atoms with Crippen molar-refractivity contribution in [2.75, 3.05) is 26.8 Å². The summed E-state index contributed by atoms with van der Waals surface area (Å²) in [5, 5.41) is 10.3. The molecular formula is C20H26N2O4. The first kappa shape index (κ1) is 18.5. The fourth-order valence-corrected chi connectivity index (χ4v) is 3.80. The first-order valence-electron chi connectivity index (χ1n) is 9.04. The van der Waals surface area contributed by atoms with E-state index < -0.39 is 11.9 Å². The molecule has 6 nitrogen and oxygen atoms in total. The number of piperidine rings is 1. The van der Waals surface area contributed by atoms with Crippen molar-refractivity contribution in [3.63, 3.8) is 0 Å². The van der Waals surface area contributed by atoms with Crippen molar-refractivity contribution >= 4 is 22.8 Å². The highest BCUT2D eigenvalue weighted by Crippen LogP contribution is 2.27. The summed E-state index contributed by atoms with van der Waals surface area (Å²) < 4.78 is 7.41. The molecule has 3 rings (SSSR count). The molecule has 1 N–H and O–H groups in total. The highest BCUT2D eigenvalue weighted by atomic mass is 16.5. The number of aliphatic carboxylic acids is 1. The number of aryl methyl sites for hydroxylation is 1. The van der Waals surface area contributed by atoms with Gasteiger partial charge in [-0.3, -0.25) is 9.59 Å². The van der Waals surface area contributed by atoms with Gasteiger partial charge >= 0.3 is 5.97 Å². The number of fused-ring (bicyclic) bond motifs is 1. The number of likely N-dealkylation sites (tertiary alicyclic amines) is 1. The summed E-state index contributed by atoms with van der Waals surface area (Å²) in [4.78, 5) is 25.8.